The van der Waals surface area contributed by atoms with E-state index in [1.165, 1.54) is 38.0 Å². The second-order valence-electron chi connectivity index (χ2n) is 5.43. The molecule has 0 amide bonds. The predicted molar refractivity (Wildman–Crippen MR) is 85.6 cm³/mol. The Morgan fingerprint density at radius 3 is 2.32 bits per heavy atom. The Balaban J connectivity index is 0.000000902. The molecule has 1 N–H and O–H groups in total. The standard InChI is InChI=1S/C15H22N2.2ClH/c1-2-4-13(5-3-1)6-9-16-15-12-17-10-7-14(15)8-11-17;;/h1-5,14-16H,6-12H2;2*1H. The van der Waals surface area contributed by atoms with Gasteiger partial charge in [0.05, 0.1) is 0 Å². The molecule has 0 radical (unpaired) electrons. The average molecular weight is 303 g/mol. The molecule has 0 aliphatic carbocycles. The molecule has 1 atom stereocenters. The van der Waals surface area contributed by atoms with Crippen molar-refractivity contribution in [3.05, 3.63) is 35.9 Å². The van der Waals surface area contributed by atoms with E-state index in [-0.39, 0.29) is 24.8 Å². The van der Waals surface area contributed by atoms with Crippen LogP contribution in [0, 0.1) is 5.92 Å². The van der Waals surface area contributed by atoms with Gasteiger partial charge in [0.2, 0.25) is 0 Å². The molecular weight excluding hydrogens is 279 g/mol. The van der Waals surface area contributed by atoms with Crippen molar-refractivity contribution < 1.29 is 0 Å². The zero-order valence-corrected chi connectivity index (χ0v) is 12.9. The number of hydrogen-bond acceptors (Lipinski definition) is 2. The molecule has 2 bridgehead atoms. The van der Waals surface area contributed by atoms with Gasteiger partial charge in [-0.1, -0.05) is 30.3 Å². The largest absolute Gasteiger partial charge is 0.312 e. The third kappa shape index (κ3) is 4.35. The smallest absolute Gasteiger partial charge is 0.0224 e. The lowest BCUT2D eigenvalue weighted by molar-refractivity contribution is 0.0731. The van der Waals surface area contributed by atoms with Crippen LogP contribution in [0.25, 0.3) is 0 Å². The van der Waals surface area contributed by atoms with E-state index in [2.05, 4.69) is 40.5 Å². The van der Waals surface area contributed by atoms with Crippen LogP contribution in [0.4, 0.5) is 0 Å². The summed E-state index contributed by atoms with van der Waals surface area (Å²) >= 11 is 0. The third-order valence-corrected chi connectivity index (χ3v) is 4.32. The van der Waals surface area contributed by atoms with Crippen LogP contribution in [0.2, 0.25) is 0 Å². The Bertz CT molecular complexity index is 350. The highest BCUT2D eigenvalue weighted by Crippen LogP contribution is 2.27. The van der Waals surface area contributed by atoms with E-state index in [4.69, 9.17) is 0 Å². The van der Waals surface area contributed by atoms with Gasteiger partial charge in [0.25, 0.3) is 0 Å². The van der Waals surface area contributed by atoms with E-state index in [0.29, 0.717) is 0 Å². The van der Waals surface area contributed by atoms with Crippen LogP contribution in [0.1, 0.15) is 18.4 Å². The van der Waals surface area contributed by atoms with Crippen molar-refractivity contribution >= 4 is 24.8 Å². The molecule has 4 rings (SSSR count). The lowest BCUT2D eigenvalue weighted by Crippen LogP contribution is -2.56. The van der Waals surface area contributed by atoms with Gasteiger partial charge in [-0.05, 0) is 50.4 Å². The summed E-state index contributed by atoms with van der Waals surface area (Å²) in [4.78, 5) is 2.61. The zero-order valence-electron chi connectivity index (χ0n) is 11.3. The lowest BCUT2D eigenvalue weighted by atomic mass is 9.84. The van der Waals surface area contributed by atoms with Crippen LogP contribution in [-0.4, -0.2) is 37.1 Å². The van der Waals surface area contributed by atoms with Gasteiger partial charge in [0.1, 0.15) is 0 Å². The monoisotopic (exact) mass is 302 g/mol. The predicted octanol–water partition coefficient (Wildman–Crippen LogP) is 2.76. The first kappa shape index (κ1) is 16.8. The van der Waals surface area contributed by atoms with Gasteiger partial charge in [0.15, 0.2) is 0 Å². The van der Waals surface area contributed by atoms with Crippen LogP contribution >= 0.6 is 24.8 Å². The maximum atomic E-state index is 3.76. The van der Waals surface area contributed by atoms with E-state index in [1.807, 2.05) is 0 Å². The number of fused-ring (bicyclic) bond motifs is 3. The molecule has 3 saturated heterocycles. The number of nitrogens with one attached hydrogen (secondary N) is 1. The molecule has 0 saturated carbocycles. The Morgan fingerprint density at radius 2 is 1.74 bits per heavy atom. The molecule has 3 aliphatic rings. The quantitative estimate of drug-likeness (QED) is 0.920. The van der Waals surface area contributed by atoms with Crippen LogP contribution in [0.5, 0.6) is 0 Å². The Labute approximate surface area is 128 Å². The second kappa shape index (κ2) is 8.11. The first-order valence-corrected chi connectivity index (χ1v) is 6.91. The lowest BCUT2D eigenvalue weighted by Gasteiger charge is -2.45. The fraction of sp³-hybridized carbons (Fsp3) is 0.600. The normalized spacial score (nSPS) is 28.3. The van der Waals surface area contributed by atoms with Gasteiger partial charge in [-0.2, -0.15) is 0 Å². The minimum absolute atomic E-state index is 0. The highest BCUT2D eigenvalue weighted by molar-refractivity contribution is 5.85. The molecule has 2 nitrogen and oxygen atoms in total. The molecule has 108 valence electrons. The molecule has 1 aromatic carbocycles. The molecule has 0 spiro atoms. The number of piperidine rings is 3. The maximum Gasteiger partial charge on any atom is 0.0224 e. The van der Waals surface area contributed by atoms with Crippen molar-refractivity contribution in [3.63, 3.8) is 0 Å². The molecule has 3 aliphatic heterocycles. The number of hydrogen-bond donors (Lipinski definition) is 1. The fourth-order valence-corrected chi connectivity index (χ4v) is 3.24. The first-order valence-electron chi connectivity index (χ1n) is 6.91. The molecule has 19 heavy (non-hydrogen) atoms. The maximum absolute atomic E-state index is 3.76. The highest BCUT2D eigenvalue weighted by atomic mass is 35.5. The molecule has 3 fully saturated rings. The van der Waals surface area contributed by atoms with E-state index >= 15 is 0 Å². The minimum atomic E-state index is 0. The molecule has 1 aromatic rings. The number of benzene rings is 1. The number of nitrogens with zero attached hydrogens (tertiary/aromatic N) is 1. The van der Waals surface area contributed by atoms with Crippen molar-refractivity contribution in [3.8, 4) is 0 Å². The van der Waals surface area contributed by atoms with Crippen molar-refractivity contribution in [1.82, 2.24) is 10.2 Å². The van der Waals surface area contributed by atoms with Gasteiger partial charge >= 0.3 is 0 Å². The fourth-order valence-electron chi connectivity index (χ4n) is 3.24. The third-order valence-electron chi connectivity index (χ3n) is 4.32. The van der Waals surface area contributed by atoms with Crippen molar-refractivity contribution in [2.45, 2.75) is 25.3 Å². The summed E-state index contributed by atoms with van der Waals surface area (Å²) < 4.78 is 0. The topological polar surface area (TPSA) is 15.3 Å². The Hall–Kier alpha value is -0.280. The van der Waals surface area contributed by atoms with Crippen LogP contribution in [0.15, 0.2) is 30.3 Å². The summed E-state index contributed by atoms with van der Waals surface area (Å²) in [6, 6.07) is 11.5. The molecular formula is C15H24Cl2N2. The highest BCUT2D eigenvalue weighted by Gasteiger charge is 2.33. The molecule has 3 heterocycles. The molecule has 0 aromatic heterocycles. The van der Waals surface area contributed by atoms with Gasteiger partial charge in [0, 0.05) is 12.6 Å². The van der Waals surface area contributed by atoms with E-state index in [9.17, 15) is 0 Å². The van der Waals surface area contributed by atoms with Crippen molar-refractivity contribution in [1.29, 1.82) is 0 Å². The van der Waals surface area contributed by atoms with Gasteiger partial charge in [-0.3, -0.25) is 0 Å². The average Bonchev–Trinajstić information content (AvgIpc) is 2.41. The van der Waals surface area contributed by atoms with Gasteiger partial charge < -0.3 is 10.2 Å². The molecule has 1 unspecified atom stereocenters. The summed E-state index contributed by atoms with van der Waals surface area (Å²) in [5.74, 6) is 0.941. The number of rotatable bonds is 4. The van der Waals surface area contributed by atoms with Crippen molar-refractivity contribution in [2.24, 2.45) is 5.92 Å². The van der Waals surface area contributed by atoms with Gasteiger partial charge in [-0.15, -0.1) is 24.8 Å². The first-order chi connectivity index (χ1) is 8.42. The van der Waals surface area contributed by atoms with Crippen molar-refractivity contribution in [2.75, 3.05) is 26.2 Å². The SMILES string of the molecule is Cl.Cl.c1ccc(CCNC2CN3CCC2CC3)cc1. The van der Waals surface area contributed by atoms with Crippen LogP contribution in [-0.2, 0) is 6.42 Å². The van der Waals surface area contributed by atoms with E-state index < -0.39 is 0 Å². The van der Waals surface area contributed by atoms with Crippen LogP contribution in [0.3, 0.4) is 0 Å². The second-order valence-corrected chi connectivity index (χ2v) is 5.43. The van der Waals surface area contributed by atoms with Crippen LogP contribution < -0.4 is 5.32 Å². The summed E-state index contributed by atoms with van der Waals surface area (Å²) in [5.41, 5.74) is 1.45. The van der Waals surface area contributed by atoms with Gasteiger partial charge in [-0.25, -0.2) is 0 Å². The Kier molecular flexibility index (Phi) is 7.16. The summed E-state index contributed by atoms with van der Waals surface area (Å²) in [6.45, 7) is 5.07. The Morgan fingerprint density at radius 1 is 1.05 bits per heavy atom. The minimum Gasteiger partial charge on any atom is -0.312 e. The number of halogens is 2. The molecule has 4 heteroatoms. The van der Waals surface area contributed by atoms with E-state index in [1.54, 1.807) is 0 Å². The zero-order chi connectivity index (χ0) is 11.5. The summed E-state index contributed by atoms with van der Waals surface area (Å²) in [5, 5.41) is 3.76. The van der Waals surface area contributed by atoms with E-state index in [0.717, 1.165) is 24.9 Å². The summed E-state index contributed by atoms with van der Waals surface area (Å²) in [6.07, 6.45) is 3.97. The summed E-state index contributed by atoms with van der Waals surface area (Å²) in [7, 11) is 0.